The van der Waals surface area contributed by atoms with Crippen LogP contribution in [0.5, 0.6) is 0 Å². The summed E-state index contributed by atoms with van der Waals surface area (Å²) in [6, 6.07) is 0. The van der Waals surface area contributed by atoms with Gasteiger partial charge in [0.15, 0.2) is 0 Å². The van der Waals surface area contributed by atoms with E-state index in [0.29, 0.717) is 0 Å². The molecule has 0 spiro atoms. The zero-order valence-corrected chi connectivity index (χ0v) is 8.89. The smallest absolute Gasteiger partial charge is 0.321 e. The van der Waals surface area contributed by atoms with E-state index in [2.05, 4.69) is 23.9 Å². The molecule has 1 unspecified atom stereocenters. The predicted octanol–water partition coefficient (Wildman–Crippen LogP) is 0.616. The number of imidazole rings is 1. The number of rotatable bonds is 2. The van der Waals surface area contributed by atoms with Crippen LogP contribution in [0, 0.1) is 0 Å². The fourth-order valence-corrected chi connectivity index (χ4v) is 2.38. The van der Waals surface area contributed by atoms with Gasteiger partial charge in [-0.15, -0.1) is 0 Å². The van der Waals surface area contributed by atoms with E-state index in [4.69, 9.17) is 0 Å². The summed E-state index contributed by atoms with van der Waals surface area (Å²) in [5.41, 5.74) is 2.17. The van der Waals surface area contributed by atoms with E-state index in [1.807, 2.05) is 0 Å². The third-order valence-electron chi connectivity index (χ3n) is 3.10. The highest BCUT2D eigenvalue weighted by molar-refractivity contribution is 5.12. The molecule has 0 amide bonds. The second-order valence-electron chi connectivity index (χ2n) is 4.51. The lowest BCUT2D eigenvalue weighted by Crippen LogP contribution is -2.48. The highest BCUT2D eigenvalue weighted by Gasteiger charge is 2.29. The minimum atomic E-state index is -0.0556. The molecule has 4 heteroatoms. The number of likely N-dealkylation sites (N-methyl/N-ethyl adjacent to an activating group) is 1. The number of aromatic nitrogens is 2. The van der Waals surface area contributed by atoms with Crippen LogP contribution in [0.25, 0.3) is 0 Å². The van der Waals surface area contributed by atoms with Crippen molar-refractivity contribution in [1.29, 1.82) is 0 Å². The van der Waals surface area contributed by atoms with Crippen molar-refractivity contribution in [3.05, 3.63) is 21.9 Å². The summed E-state index contributed by atoms with van der Waals surface area (Å²) in [4.78, 5) is 16.8. The number of quaternary nitrogens is 1. The van der Waals surface area contributed by atoms with Gasteiger partial charge in [-0.1, -0.05) is 6.92 Å². The summed E-state index contributed by atoms with van der Waals surface area (Å²) in [6.07, 6.45) is 2.19. The summed E-state index contributed by atoms with van der Waals surface area (Å²) in [7, 11) is 2.26. The first-order chi connectivity index (χ1) is 6.63. The predicted molar refractivity (Wildman–Crippen MR) is 55.0 cm³/mol. The van der Waals surface area contributed by atoms with Gasteiger partial charge in [0.25, 0.3) is 0 Å². The molecule has 1 aromatic heterocycles. The zero-order valence-electron chi connectivity index (χ0n) is 8.89. The standard InChI is InChI=1S/C10H17N3O/c1-3-5-13(2)6-4-8-9(7-13)12-10(14)11-8/h3-7H2,1-2H3,(H-,11,12,14)/p+1. The van der Waals surface area contributed by atoms with Crippen molar-refractivity contribution in [3.8, 4) is 0 Å². The highest BCUT2D eigenvalue weighted by atomic mass is 16.1. The molecular weight excluding hydrogens is 178 g/mol. The van der Waals surface area contributed by atoms with Crippen molar-refractivity contribution in [2.75, 3.05) is 20.1 Å². The van der Waals surface area contributed by atoms with Crippen molar-refractivity contribution < 1.29 is 4.48 Å². The molecule has 0 saturated carbocycles. The summed E-state index contributed by atoms with van der Waals surface area (Å²) in [5.74, 6) is 0. The zero-order chi connectivity index (χ0) is 10.2. The molecule has 2 N–H and O–H groups in total. The highest BCUT2D eigenvalue weighted by Crippen LogP contribution is 2.19. The minimum absolute atomic E-state index is 0.0556. The van der Waals surface area contributed by atoms with Crippen LogP contribution in [0.4, 0.5) is 0 Å². The molecule has 0 bridgehead atoms. The molecule has 0 radical (unpaired) electrons. The normalized spacial score (nSPS) is 26.1. The first-order valence-electron chi connectivity index (χ1n) is 5.26. The van der Waals surface area contributed by atoms with Crippen LogP contribution in [0.15, 0.2) is 4.79 Å². The van der Waals surface area contributed by atoms with E-state index in [-0.39, 0.29) is 5.69 Å². The van der Waals surface area contributed by atoms with Gasteiger partial charge < -0.3 is 14.5 Å². The Hall–Kier alpha value is -1.03. The Morgan fingerprint density at radius 3 is 2.79 bits per heavy atom. The molecule has 1 aliphatic heterocycles. The second kappa shape index (κ2) is 3.28. The summed E-state index contributed by atoms with van der Waals surface area (Å²) in [6.45, 7) is 5.49. The maximum atomic E-state index is 11.1. The minimum Gasteiger partial charge on any atom is -0.321 e. The van der Waals surface area contributed by atoms with Gasteiger partial charge in [0.1, 0.15) is 6.54 Å². The molecule has 1 aromatic rings. The molecule has 78 valence electrons. The monoisotopic (exact) mass is 196 g/mol. The molecular formula is C10H18N3O+. The Kier molecular flexibility index (Phi) is 2.23. The number of hydrogen-bond acceptors (Lipinski definition) is 1. The summed E-state index contributed by atoms with van der Waals surface area (Å²) in [5, 5.41) is 0. The Bertz CT molecular complexity index is 379. The number of aromatic amines is 2. The third-order valence-corrected chi connectivity index (χ3v) is 3.10. The van der Waals surface area contributed by atoms with E-state index in [1.54, 1.807) is 0 Å². The van der Waals surface area contributed by atoms with Gasteiger partial charge in [-0.3, -0.25) is 0 Å². The van der Waals surface area contributed by atoms with Crippen molar-refractivity contribution in [1.82, 2.24) is 9.97 Å². The molecule has 2 rings (SSSR count). The quantitative estimate of drug-likeness (QED) is 0.669. The largest absolute Gasteiger partial charge is 0.323 e. The number of H-pyrrole nitrogens is 2. The fourth-order valence-electron chi connectivity index (χ4n) is 2.38. The van der Waals surface area contributed by atoms with Crippen molar-refractivity contribution in [2.24, 2.45) is 0 Å². The molecule has 0 aromatic carbocycles. The van der Waals surface area contributed by atoms with Crippen molar-refractivity contribution >= 4 is 0 Å². The van der Waals surface area contributed by atoms with Gasteiger partial charge >= 0.3 is 5.69 Å². The first kappa shape index (κ1) is 9.52. The molecule has 4 nitrogen and oxygen atoms in total. The molecule has 0 saturated heterocycles. The van der Waals surface area contributed by atoms with E-state index < -0.39 is 0 Å². The average Bonchev–Trinajstić information content (AvgIpc) is 2.44. The van der Waals surface area contributed by atoms with Gasteiger partial charge in [0.2, 0.25) is 0 Å². The van der Waals surface area contributed by atoms with Gasteiger partial charge in [0.05, 0.1) is 31.5 Å². The summed E-state index contributed by atoms with van der Waals surface area (Å²) >= 11 is 0. The summed E-state index contributed by atoms with van der Waals surface area (Å²) < 4.78 is 1.05. The van der Waals surface area contributed by atoms with Crippen molar-refractivity contribution in [3.63, 3.8) is 0 Å². The number of nitrogens with zero attached hydrogens (tertiary/aromatic N) is 1. The van der Waals surface area contributed by atoms with Crippen LogP contribution in [-0.4, -0.2) is 34.6 Å². The van der Waals surface area contributed by atoms with E-state index in [1.165, 1.54) is 13.0 Å². The lowest BCUT2D eigenvalue weighted by atomic mass is 10.1. The fraction of sp³-hybridized carbons (Fsp3) is 0.700. The van der Waals surface area contributed by atoms with Crippen LogP contribution in [-0.2, 0) is 13.0 Å². The Morgan fingerprint density at radius 2 is 2.07 bits per heavy atom. The van der Waals surface area contributed by atoms with Crippen LogP contribution in [0.3, 0.4) is 0 Å². The van der Waals surface area contributed by atoms with E-state index in [9.17, 15) is 4.79 Å². The van der Waals surface area contributed by atoms with Crippen LogP contribution < -0.4 is 5.69 Å². The maximum Gasteiger partial charge on any atom is 0.323 e. The molecule has 1 aliphatic rings. The molecule has 0 aliphatic carbocycles. The Morgan fingerprint density at radius 1 is 1.36 bits per heavy atom. The topological polar surface area (TPSA) is 48.6 Å². The molecule has 1 atom stereocenters. The van der Waals surface area contributed by atoms with Gasteiger partial charge in [-0.2, -0.15) is 0 Å². The molecule has 14 heavy (non-hydrogen) atoms. The lowest BCUT2D eigenvalue weighted by molar-refractivity contribution is -0.924. The Balaban J connectivity index is 2.24. The molecule has 0 fully saturated rings. The first-order valence-corrected chi connectivity index (χ1v) is 5.26. The Labute approximate surface area is 83.5 Å². The average molecular weight is 196 g/mol. The third kappa shape index (κ3) is 1.62. The van der Waals surface area contributed by atoms with Crippen LogP contribution in [0.2, 0.25) is 0 Å². The number of fused-ring (bicyclic) bond motifs is 1. The van der Waals surface area contributed by atoms with Crippen LogP contribution >= 0.6 is 0 Å². The number of hydrogen-bond donors (Lipinski definition) is 2. The SMILES string of the molecule is CCC[N+]1(C)CCc2[nH]c(=O)[nH]c2C1. The van der Waals surface area contributed by atoms with Gasteiger partial charge in [-0.05, 0) is 6.42 Å². The molecule has 2 heterocycles. The van der Waals surface area contributed by atoms with Crippen molar-refractivity contribution in [2.45, 2.75) is 26.3 Å². The van der Waals surface area contributed by atoms with Crippen LogP contribution in [0.1, 0.15) is 24.7 Å². The second-order valence-corrected chi connectivity index (χ2v) is 4.51. The number of nitrogens with one attached hydrogen (secondary N) is 2. The van der Waals surface area contributed by atoms with E-state index >= 15 is 0 Å². The van der Waals surface area contributed by atoms with E-state index in [0.717, 1.165) is 35.4 Å². The van der Waals surface area contributed by atoms with Gasteiger partial charge in [-0.25, -0.2) is 4.79 Å². The van der Waals surface area contributed by atoms with Gasteiger partial charge in [0, 0.05) is 6.42 Å². The maximum absolute atomic E-state index is 11.1. The lowest BCUT2D eigenvalue weighted by Gasteiger charge is -2.36.